The SMILES string of the molecule is CC1(C(=O)N(CC2CC2)C2CC2)CCCN1. The van der Waals surface area contributed by atoms with Gasteiger partial charge < -0.3 is 10.2 Å². The molecule has 3 rings (SSSR count). The van der Waals surface area contributed by atoms with Gasteiger partial charge >= 0.3 is 0 Å². The summed E-state index contributed by atoms with van der Waals surface area (Å²) in [6, 6.07) is 0.576. The maximum atomic E-state index is 12.6. The Morgan fingerprint density at radius 2 is 2.12 bits per heavy atom. The van der Waals surface area contributed by atoms with Crippen molar-refractivity contribution in [3.63, 3.8) is 0 Å². The molecule has 3 nitrogen and oxygen atoms in total. The number of carbonyl (C=O) groups excluding carboxylic acids is 1. The van der Waals surface area contributed by atoms with Gasteiger partial charge in [0, 0.05) is 12.6 Å². The molecule has 16 heavy (non-hydrogen) atoms. The Labute approximate surface area is 97.6 Å². The Balaban J connectivity index is 1.69. The van der Waals surface area contributed by atoms with Gasteiger partial charge in [-0.3, -0.25) is 4.79 Å². The van der Waals surface area contributed by atoms with Gasteiger partial charge in [-0.05, 0) is 57.9 Å². The molecule has 1 heterocycles. The van der Waals surface area contributed by atoms with Gasteiger partial charge in [0.1, 0.15) is 0 Å². The van der Waals surface area contributed by atoms with Gasteiger partial charge in [0.15, 0.2) is 0 Å². The Kier molecular flexibility index (Phi) is 2.46. The van der Waals surface area contributed by atoms with Crippen LogP contribution in [0, 0.1) is 5.92 Å². The number of nitrogens with zero attached hydrogens (tertiary/aromatic N) is 1. The van der Waals surface area contributed by atoms with Crippen molar-refractivity contribution in [2.24, 2.45) is 5.92 Å². The average molecular weight is 222 g/mol. The number of carbonyl (C=O) groups is 1. The molecule has 2 aliphatic carbocycles. The van der Waals surface area contributed by atoms with Gasteiger partial charge in [-0.2, -0.15) is 0 Å². The van der Waals surface area contributed by atoms with Gasteiger partial charge in [-0.15, -0.1) is 0 Å². The van der Waals surface area contributed by atoms with Crippen LogP contribution < -0.4 is 5.32 Å². The van der Waals surface area contributed by atoms with E-state index < -0.39 is 0 Å². The van der Waals surface area contributed by atoms with Crippen LogP contribution in [0.5, 0.6) is 0 Å². The monoisotopic (exact) mass is 222 g/mol. The van der Waals surface area contributed by atoms with E-state index in [4.69, 9.17) is 0 Å². The Bertz CT molecular complexity index is 288. The molecular weight excluding hydrogens is 200 g/mol. The molecule has 1 aliphatic heterocycles. The second-order valence-electron chi connectivity index (χ2n) is 5.99. The minimum absolute atomic E-state index is 0.252. The third kappa shape index (κ3) is 1.97. The lowest BCUT2D eigenvalue weighted by atomic mass is 9.98. The van der Waals surface area contributed by atoms with Crippen molar-refractivity contribution in [2.75, 3.05) is 13.1 Å². The fourth-order valence-electron chi connectivity index (χ4n) is 2.76. The van der Waals surface area contributed by atoms with Crippen LogP contribution in [0.3, 0.4) is 0 Å². The first-order valence-electron chi connectivity index (χ1n) is 6.75. The van der Waals surface area contributed by atoms with Crippen LogP contribution in [-0.2, 0) is 4.79 Å². The maximum Gasteiger partial charge on any atom is 0.242 e. The largest absolute Gasteiger partial charge is 0.338 e. The molecule has 0 bridgehead atoms. The third-order valence-electron chi connectivity index (χ3n) is 4.24. The van der Waals surface area contributed by atoms with Crippen LogP contribution in [0.15, 0.2) is 0 Å². The van der Waals surface area contributed by atoms with Crippen LogP contribution in [0.1, 0.15) is 45.4 Å². The smallest absolute Gasteiger partial charge is 0.242 e. The van der Waals surface area contributed by atoms with E-state index >= 15 is 0 Å². The van der Waals surface area contributed by atoms with Crippen molar-refractivity contribution >= 4 is 5.91 Å². The molecule has 1 amide bonds. The quantitative estimate of drug-likeness (QED) is 0.782. The van der Waals surface area contributed by atoms with E-state index in [-0.39, 0.29) is 5.54 Å². The fraction of sp³-hybridized carbons (Fsp3) is 0.923. The number of nitrogens with one attached hydrogen (secondary N) is 1. The highest BCUT2D eigenvalue weighted by Gasteiger charge is 2.44. The molecule has 3 fully saturated rings. The molecule has 3 aliphatic rings. The Morgan fingerprint density at radius 3 is 2.62 bits per heavy atom. The molecule has 2 saturated carbocycles. The van der Waals surface area contributed by atoms with E-state index in [1.54, 1.807) is 0 Å². The third-order valence-corrected chi connectivity index (χ3v) is 4.24. The van der Waals surface area contributed by atoms with E-state index in [0.29, 0.717) is 11.9 Å². The first-order valence-corrected chi connectivity index (χ1v) is 6.75. The lowest BCUT2D eigenvalue weighted by Crippen LogP contribution is -2.54. The predicted molar refractivity (Wildman–Crippen MR) is 63.1 cm³/mol. The zero-order valence-electron chi connectivity index (χ0n) is 10.2. The van der Waals surface area contributed by atoms with Gasteiger partial charge in [-0.25, -0.2) is 0 Å². The number of hydrogen-bond donors (Lipinski definition) is 1. The number of amides is 1. The molecule has 0 radical (unpaired) electrons. The highest BCUT2D eigenvalue weighted by atomic mass is 16.2. The van der Waals surface area contributed by atoms with E-state index in [0.717, 1.165) is 31.8 Å². The molecule has 0 aromatic carbocycles. The van der Waals surface area contributed by atoms with Crippen LogP contribution in [0.25, 0.3) is 0 Å². The lowest BCUT2D eigenvalue weighted by molar-refractivity contribution is -0.138. The van der Waals surface area contributed by atoms with Crippen molar-refractivity contribution in [1.82, 2.24) is 10.2 Å². The molecule has 3 heteroatoms. The fourth-order valence-corrected chi connectivity index (χ4v) is 2.76. The molecular formula is C13H22N2O. The molecule has 1 saturated heterocycles. The molecule has 0 spiro atoms. The van der Waals surface area contributed by atoms with E-state index in [2.05, 4.69) is 17.1 Å². The summed E-state index contributed by atoms with van der Waals surface area (Å²) in [5.41, 5.74) is -0.252. The summed E-state index contributed by atoms with van der Waals surface area (Å²) in [6.45, 7) is 4.12. The van der Waals surface area contributed by atoms with E-state index in [1.165, 1.54) is 25.7 Å². The maximum absolute atomic E-state index is 12.6. The summed E-state index contributed by atoms with van der Waals surface area (Å²) in [5, 5.41) is 3.40. The molecule has 1 unspecified atom stereocenters. The number of rotatable bonds is 4. The topological polar surface area (TPSA) is 32.3 Å². The average Bonchev–Trinajstić information content (AvgIpc) is 3.16. The lowest BCUT2D eigenvalue weighted by Gasteiger charge is -2.32. The second kappa shape index (κ2) is 3.73. The van der Waals surface area contributed by atoms with Crippen molar-refractivity contribution in [3.05, 3.63) is 0 Å². The summed E-state index contributed by atoms with van der Waals surface area (Å²) < 4.78 is 0. The molecule has 0 aromatic heterocycles. The zero-order valence-corrected chi connectivity index (χ0v) is 10.2. The summed E-state index contributed by atoms with van der Waals surface area (Å²) >= 11 is 0. The van der Waals surface area contributed by atoms with Gasteiger partial charge in [0.2, 0.25) is 5.91 Å². The van der Waals surface area contributed by atoms with Crippen molar-refractivity contribution < 1.29 is 4.79 Å². The summed E-state index contributed by atoms with van der Waals surface area (Å²) in [7, 11) is 0. The predicted octanol–water partition coefficient (Wildman–Crippen LogP) is 1.53. The van der Waals surface area contributed by atoms with Crippen LogP contribution in [0.2, 0.25) is 0 Å². The number of hydrogen-bond acceptors (Lipinski definition) is 2. The summed E-state index contributed by atoms with van der Waals surface area (Å²) in [6.07, 6.45) is 7.29. The molecule has 0 aromatic rings. The van der Waals surface area contributed by atoms with Crippen LogP contribution in [0.4, 0.5) is 0 Å². The summed E-state index contributed by atoms with van der Waals surface area (Å²) in [5.74, 6) is 1.19. The first-order chi connectivity index (χ1) is 7.69. The van der Waals surface area contributed by atoms with Gasteiger partial charge in [0.05, 0.1) is 5.54 Å². The summed E-state index contributed by atoms with van der Waals surface area (Å²) in [4.78, 5) is 14.8. The van der Waals surface area contributed by atoms with Crippen molar-refractivity contribution in [3.8, 4) is 0 Å². The van der Waals surface area contributed by atoms with Gasteiger partial charge in [0.25, 0.3) is 0 Å². The van der Waals surface area contributed by atoms with E-state index in [1.807, 2.05) is 0 Å². The standard InChI is InChI=1S/C13H22N2O/c1-13(7-2-8-14-13)12(16)15(11-5-6-11)9-10-3-4-10/h10-11,14H,2-9H2,1H3. The first kappa shape index (κ1) is 10.6. The van der Waals surface area contributed by atoms with Crippen LogP contribution >= 0.6 is 0 Å². The van der Waals surface area contributed by atoms with Gasteiger partial charge in [-0.1, -0.05) is 0 Å². The minimum Gasteiger partial charge on any atom is -0.338 e. The van der Waals surface area contributed by atoms with Crippen molar-refractivity contribution in [1.29, 1.82) is 0 Å². The molecule has 1 N–H and O–H groups in total. The molecule has 1 atom stereocenters. The highest BCUT2D eigenvalue weighted by molar-refractivity contribution is 5.86. The Hall–Kier alpha value is -0.570. The van der Waals surface area contributed by atoms with E-state index in [9.17, 15) is 4.79 Å². The normalized spacial score (nSPS) is 34.1. The van der Waals surface area contributed by atoms with Crippen molar-refractivity contribution in [2.45, 2.75) is 57.0 Å². The zero-order chi connectivity index (χ0) is 11.2. The molecule has 90 valence electrons. The minimum atomic E-state index is -0.252. The second-order valence-corrected chi connectivity index (χ2v) is 5.99. The highest BCUT2D eigenvalue weighted by Crippen LogP contribution is 2.36. The van der Waals surface area contributed by atoms with Crippen LogP contribution in [-0.4, -0.2) is 35.5 Å². The Morgan fingerprint density at radius 1 is 1.38 bits per heavy atom.